The summed E-state index contributed by atoms with van der Waals surface area (Å²) in [7, 11) is -4.03. The number of nitrogen functional groups attached to an aromatic ring is 1. The average Bonchev–Trinajstić information content (AvgIpc) is 0.760. The number of nitrogens with two attached hydrogens (primary N) is 2. The van der Waals surface area contributed by atoms with E-state index in [0.717, 1.165) is 54.6 Å². The Balaban J connectivity index is 0.000000284. The summed E-state index contributed by atoms with van der Waals surface area (Å²) < 4.78 is 373. The summed E-state index contributed by atoms with van der Waals surface area (Å²) >= 11 is 12.2. The number of alkyl halides is 20. The van der Waals surface area contributed by atoms with Crippen LogP contribution in [0.2, 0.25) is 0 Å². The van der Waals surface area contributed by atoms with E-state index in [9.17, 15) is 138 Å². The summed E-state index contributed by atoms with van der Waals surface area (Å²) in [5, 5.41) is 27.8. The van der Waals surface area contributed by atoms with Gasteiger partial charge in [0.25, 0.3) is 0 Å². The lowest BCUT2D eigenvalue weighted by molar-refractivity contribution is -0.210. The van der Waals surface area contributed by atoms with Crippen LogP contribution in [0.25, 0.3) is 0 Å². The molecule has 127 heavy (non-hydrogen) atoms. The summed E-state index contributed by atoms with van der Waals surface area (Å²) in [4.78, 5) is 32.7. The van der Waals surface area contributed by atoms with Crippen molar-refractivity contribution in [1.82, 2.24) is 9.44 Å². The molecule has 0 saturated heterocycles. The predicted octanol–water partition coefficient (Wildman–Crippen LogP) is 21.6. The Morgan fingerprint density at radius 2 is 0.748 bits per heavy atom. The van der Waals surface area contributed by atoms with Crippen LogP contribution in [-0.4, -0.2) is 151 Å². The number of ether oxygens (including phenoxy) is 2. The van der Waals surface area contributed by atoms with Crippen LogP contribution >= 0.6 is 63.7 Å². The largest absolute Gasteiger partial charge is 0.468 e. The summed E-state index contributed by atoms with van der Waals surface area (Å²) in [5.41, 5.74) is -1.70. The highest BCUT2D eigenvalue weighted by Gasteiger charge is 2.56. The molecular weight excluding hydrogens is 2060 g/mol. The van der Waals surface area contributed by atoms with E-state index in [1.807, 2.05) is 0 Å². The van der Waals surface area contributed by atoms with Gasteiger partial charge in [-0.2, -0.15) is 65.9 Å². The summed E-state index contributed by atoms with van der Waals surface area (Å²) in [5.74, 6) is -7.03. The van der Waals surface area contributed by atoms with Crippen molar-refractivity contribution in [3.05, 3.63) is 238 Å². The van der Waals surface area contributed by atoms with Crippen LogP contribution in [0.5, 0.6) is 0 Å². The van der Waals surface area contributed by atoms with E-state index in [4.69, 9.17) is 26.0 Å². The Morgan fingerprint density at radius 3 is 1.06 bits per heavy atom. The van der Waals surface area contributed by atoms with Crippen molar-refractivity contribution in [3.63, 3.8) is 0 Å². The van der Waals surface area contributed by atoms with Crippen LogP contribution in [0, 0.1) is 29.1 Å². The monoisotopic (exact) mass is 2140 g/mol. The Kier molecular flexibility index (Phi) is 39.0. The van der Waals surface area contributed by atoms with E-state index in [2.05, 4.69) is 83.1 Å². The van der Waals surface area contributed by atoms with Crippen LogP contribution in [-0.2, 0) is 59.1 Å². The van der Waals surface area contributed by atoms with Gasteiger partial charge in [0.15, 0.2) is 53.9 Å². The zero-order chi connectivity index (χ0) is 96.6. The zero-order valence-electron chi connectivity index (χ0n) is 66.9. The molecule has 2 aliphatic rings. The predicted molar refractivity (Wildman–Crippen MR) is 439 cm³/mol. The molecule has 7 aromatic carbocycles. The van der Waals surface area contributed by atoms with Gasteiger partial charge in [-0.3, -0.25) is 9.59 Å². The highest BCUT2D eigenvalue weighted by atomic mass is 79.9. The number of aliphatic imine (C=N–C) groups is 2. The molecule has 9 N–H and O–H groups in total. The van der Waals surface area contributed by atoms with Crippen LogP contribution in [0.15, 0.2) is 180 Å². The molecule has 2 heterocycles. The van der Waals surface area contributed by atoms with Crippen LogP contribution in [0.4, 0.5) is 115 Å². The normalized spacial score (nSPS) is 19.6. The molecule has 15 nitrogen and oxygen atoms in total. The minimum absolute atomic E-state index is 0.0430. The third-order valence-corrected chi connectivity index (χ3v) is 24.0. The lowest BCUT2D eigenvalue weighted by atomic mass is 9.84. The number of aliphatic hydroxyl groups excluding tert-OH is 3. The molecule has 12 atom stereocenters. The topological polar surface area (TPSA) is 248 Å². The highest BCUT2D eigenvalue weighted by molar-refractivity contribution is 9.11. The van der Waals surface area contributed by atoms with Crippen molar-refractivity contribution in [3.8, 4) is 0 Å². The minimum Gasteiger partial charge on any atom is -0.468 e. The van der Waals surface area contributed by atoms with Gasteiger partial charge in [-0.05, 0) is 133 Å². The summed E-state index contributed by atoms with van der Waals surface area (Å²) in [6.07, 6.45) is -45.1. The maximum absolute atomic E-state index is 14.4. The van der Waals surface area contributed by atoms with Gasteiger partial charge in [-0.1, -0.05) is 124 Å². The Bertz CT molecular complexity index is 4720. The highest BCUT2D eigenvalue weighted by Crippen LogP contribution is 2.47. The molecule has 0 aromatic heterocycles. The van der Waals surface area contributed by atoms with Gasteiger partial charge in [0, 0.05) is 94.6 Å². The molecule has 0 radical (unpaired) electrons. The first kappa shape index (κ1) is 110. The van der Waals surface area contributed by atoms with Gasteiger partial charge in [0.1, 0.15) is 73.5 Å². The molecule has 2 aliphatic heterocycles. The van der Waals surface area contributed by atoms with Crippen molar-refractivity contribution in [1.29, 1.82) is 0 Å². The first-order valence-electron chi connectivity index (χ1n) is 36.8. The second-order valence-corrected chi connectivity index (χ2v) is 38.3. The van der Waals surface area contributed by atoms with E-state index in [-0.39, 0.29) is 22.4 Å². The lowest BCUT2D eigenvalue weighted by Gasteiger charge is -2.37. The van der Waals surface area contributed by atoms with Gasteiger partial charge in [0.2, 0.25) is 0 Å². The molecule has 0 unspecified atom stereocenters. The molecule has 9 rings (SSSR count). The first-order valence-corrected chi connectivity index (χ1v) is 42.2. The SMILES string of the molecule is CC(C)(C)[S@@](=O)N[C@@](CF)(C[C@@H](O)C(F)(F)F)c1cc(Br)ccc1F.CC(C)(C)[S@@](=O)N[C@@](CF)(C[C@H](O)C(F)(F)F)c1cc(Br)ccc1F.N[C@@](CF)(C[C@H](O)C(F)(F)F)c1cc(Br)ccc1F.Nc1ccc(F)c([C@]2(CF)C[C@@H](C(F)(F)F)OC(CC(=O)c3ccccc3)=N2)c1.O=C(CC1=N[C@](CF)(c2cc(Br)ccc2F)C[C@@H](C(F)(F)F)O1)c1ccccc1. The standard InChI is InChI=1S/C20H15BrF5NO2.C20H17F5N2O2.2C15H19BrF5NO2S.C11H11BrF5NO/c21-13-6-7-15(23)14(8-13)19(11-22)10-17(20(24,25)26)29-18(27-19)9-16(28)12-4-2-1-3-5-12;21-11-19(14-8-13(26)6-7-15(14)22)10-17(20(23,24)25)29-18(27-19)9-16(28)12-4-2-1-3-5-12;2*1-13(2,3)25(24)22-14(8-17,7-12(23)15(19,20)21)10-6-9(16)4-5-11(10)18;12-6-1-2-8(14)7(3-6)10(18,5-13)4-9(19)11(15,16)17/h1-8,17H,9-11H2;1-8,17H,9-11,26H2;2*4-6,12,22-23H,7-8H2,1-3H3;1-3,9,19H,4-5,18H2/t2*17-,19+;12-,14+,25+;12-,14-,25-;9-,10+/m00010/s1. The fraction of sp³-hybridized carbons (Fsp3) is 0.432. The van der Waals surface area contributed by atoms with Crippen LogP contribution in [0.1, 0.15) is 135 Å². The van der Waals surface area contributed by atoms with E-state index >= 15 is 0 Å². The average molecular weight is 2140 g/mol. The van der Waals surface area contributed by atoms with E-state index in [1.54, 1.807) is 36.4 Å². The molecule has 7 aromatic rings. The molecular formula is C81H81Br4F25N6O9S2. The van der Waals surface area contributed by atoms with Crippen molar-refractivity contribution in [2.45, 2.75) is 185 Å². The van der Waals surface area contributed by atoms with Crippen molar-refractivity contribution in [2.75, 3.05) is 39.1 Å². The molecule has 0 bridgehead atoms. The van der Waals surface area contributed by atoms with E-state index in [0.29, 0.717) is 17.9 Å². The van der Waals surface area contributed by atoms with Gasteiger partial charge >= 0.3 is 30.9 Å². The summed E-state index contributed by atoms with van der Waals surface area (Å²) in [6.45, 7) is 1.89. The molecule has 0 amide bonds. The smallest absolute Gasteiger partial charge is 0.425 e. The molecule has 0 fully saturated rings. The van der Waals surface area contributed by atoms with Crippen LogP contribution < -0.4 is 20.9 Å². The fourth-order valence-corrected chi connectivity index (χ4v) is 15.1. The number of Topliss-reactive ketones (excluding diaryl/α,β-unsaturated/α-hetero) is 2. The van der Waals surface area contributed by atoms with Gasteiger partial charge < -0.3 is 36.3 Å². The van der Waals surface area contributed by atoms with Crippen LogP contribution in [0.3, 0.4) is 0 Å². The van der Waals surface area contributed by atoms with Crippen molar-refractivity contribution < 1.29 is 153 Å². The maximum Gasteiger partial charge on any atom is 0.425 e. The number of halogens is 29. The van der Waals surface area contributed by atoms with E-state index < -0.39 is 274 Å². The number of nitrogens with one attached hydrogen (secondary N) is 2. The number of carbonyl (C=O) groups is 2. The Hall–Kier alpha value is -7.15. The molecule has 46 heteroatoms. The Morgan fingerprint density at radius 1 is 0.449 bits per heavy atom. The van der Waals surface area contributed by atoms with Gasteiger partial charge in [-0.15, -0.1) is 0 Å². The molecule has 0 saturated carbocycles. The number of carbonyl (C=O) groups excluding carboxylic acids is 2. The molecule has 0 spiro atoms. The molecule has 0 aliphatic carbocycles. The van der Waals surface area contributed by atoms with Gasteiger partial charge in [0.05, 0.1) is 60.9 Å². The molecule has 704 valence electrons. The number of benzene rings is 7. The number of anilines is 1. The van der Waals surface area contributed by atoms with Gasteiger partial charge in [-0.25, -0.2) is 71.8 Å². The second kappa shape index (κ2) is 44.8. The maximum atomic E-state index is 14.4. The Labute approximate surface area is 749 Å². The van der Waals surface area contributed by atoms with Crippen molar-refractivity contribution in [2.24, 2.45) is 15.7 Å². The minimum atomic E-state index is -5.03. The number of hydrogen-bond donors (Lipinski definition) is 7. The van der Waals surface area contributed by atoms with Crippen molar-refractivity contribution >= 4 is 115 Å². The zero-order valence-corrected chi connectivity index (χ0v) is 74.9. The second-order valence-electron chi connectivity index (χ2n) is 30.7. The number of nitrogens with zero attached hydrogens (tertiary/aromatic N) is 2. The quantitative estimate of drug-likeness (QED) is 0.0153. The fourth-order valence-electron chi connectivity index (χ4n) is 11.9. The number of ketones is 2. The summed E-state index contributed by atoms with van der Waals surface area (Å²) in [6, 6.07) is 32.4. The lowest BCUT2D eigenvalue weighted by Crippen LogP contribution is -2.53. The first-order chi connectivity index (χ1) is 58.3. The number of aliphatic hydroxyl groups is 3. The third-order valence-electron chi connectivity index (χ3n) is 18.7. The number of rotatable bonds is 26. The van der Waals surface area contributed by atoms with E-state index in [1.165, 1.54) is 102 Å². The third kappa shape index (κ3) is 30.7. The number of hydrogen-bond acceptors (Lipinski definition) is 13.